The normalized spacial score (nSPS) is 13.2. The van der Waals surface area contributed by atoms with E-state index in [0.29, 0.717) is 36.9 Å². The third-order valence-corrected chi connectivity index (χ3v) is 4.84. The van der Waals surface area contributed by atoms with Crippen molar-refractivity contribution in [2.75, 3.05) is 25.6 Å². The first-order valence-electron chi connectivity index (χ1n) is 9.56. The van der Waals surface area contributed by atoms with E-state index in [1.165, 1.54) is 0 Å². The minimum absolute atomic E-state index is 0.193. The van der Waals surface area contributed by atoms with Gasteiger partial charge in [0.25, 0.3) is 0 Å². The summed E-state index contributed by atoms with van der Waals surface area (Å²) in [6.07, 6.45) is 1.62. The highest BCUT2D eigenvalue weighted by atomic mass is 16.5. The fraction of sp³-hybridized carbons (Fsp3) is 0.318. The second-order valence-corrected chi connectivity index (χ2v) is 6.85. The van der Waals surface area contributed by atoms with Gasteiger partial charge in [-0.25, -0.2) is 4.79 Å². The molecule has 2 amide bonds. The van der Waals surface area contributed by atoms with Crippen LogP contribution in [0.4, 0.5) is 10.5 Å². The summed E-state index contributed by atoms with van der Waals surface area (Å²) in [4.78, 5) is 14.4. The molecule has 0 fully saturated rings. The number of rotatable bonds is 4. The maximum absolute atomic E-state index is 12.7. The number of hydrogen-bond donors (Lipinski definition) is 1. The second-order valence-electron chi connectivity index (χ2n) is 6.85. The maximum atomic E-state index is 12.7. The Labute approximate surface area is 164 Å². The molecule has 0 aliphatic carbocycles. The first-order chi connectivity index (χ1) is 13.7. The molecule has 1 N–H and O–H groups in total. The number of furan rings is 1. The molecule has 4 rings (SSSR count). The van der Waals surface area contributed by atoms with Gasteiger partial charge in [0, 0.05) is 42.6 Å². The fourth-order valence-corrected chi connectivity index (χ4v) is 3.38. The van der Waals surface area contributed by atoms with Crippen LogP contribution in [0.1, 0.15) is 24.7 Å². The Kier molecular flexibility index (Phi) is 5.10. The average Bonchev–Trinajstić information content (AvgIpc) is 2.89. The summed E-state index contributed by atoms with van der Waals surface area (Å²) < 4.78 is 17.3. The van der Waals surface area contributed by atoms with Crippen molar-refractivity contribution in [1.29, 1.82) is 0 Å². The number of carbonyl (C=O) groups is 1. The number of nitrogens with zero attached hydrogens (tertiary/aromatic N) is 1. The molecule has 0 radical (unpaired) electrons. The van der Waals surface area contributed by atoms with Crippen LogP contribution in [0.3, 0.4) is 0 Å². The number of para-hydroxylation sites is 1. The molecule has 146 valence electrons. The number of carbonyl (C=O) groups excluding carboxylic acids is 1. The van der Waals surface area contributed by atoms with Crippen LogP contribution in [0.15, 0.2) is 46.9 Å². The summed E-state index contributed by atoms with van der Waals surface area (Å²) in [5.41, 5.74) is 2.58. The van der Waals surface area contributed by atoms with Crippen LogP contribution in [0, 0.1) is 0 Å². The van der Waals surface area contributed by atoms with Gasteiger partial charge in [-0.1, -0.05) is 25.1 Å². The molecular weight excluding hydrogens is 356 g/mol. The highest BCUT2D eigenvalue weighted by Crippen LogP contribution is 2.32. The molecule has 1 aromatic heterocycles. The summed E-state index contributed by atoms with van der Waals surface area (Å²) in [6, 6.07) is 13.2. The average molecular weight is 380 g/mol. The Bertz CT molecular complexity index is 995. The first-order valence-corrected chi connectivity index (χ1v) is 9.56. The topological polar surface area (TPSA) is 63.9 Å². The Morgan fingerprint density at radius 1 is 1.11 bits per heavy atom. The zero-order chi connectivity index (χ0) is 19.5. The molecule has 0 unspecified atom stereocenters. The van der Waals surface area contributed by atoms with Gasteiger partial charge < -0.3 is 24.1 Å². The van der Waals surface area contributed by atoms with Crippen LogP contribution in [0.2, 0.25) is 0 Å². The Morgan fingerprint density at radius 3 is 2.71 bits per heavy atom. The van der Waals surface area contributed by atoms with E-state index in [-0.39, 0.29) is 6.03 Å². The van der Waals surface area contributed by atoms with Gasteiger partial charge in [-0.2, -0.15) is 0 Å². The standard InChI is InChI=1S/C22H24N2O4/c1-3-18-17(16-7-4-5-8-19(16)28-18)14-24(2)22(25)23-15-9-10-20-21(13-15)27-12-6-11-26-20/h4-5,7-10,13H,3,6,11-12,14H2,1-2H3,(H,23,25). The van der Waals surface area contributed by atoms with Crippen molar-refractivity contribution in [2.45, 2.75) is 26.3 Å². The number of hydrogen-bond acceptors (Lipinski definition) is 4. The number of ether oxygens (including phenoxy) is 2. The minimum atomic E-state index is -0.193. The van der Waals surface area contributed by atoms with Crippen LogP contribution in [-0.2, 0) is 13.0 Å². The molecule has 6 nitrogen and oxygen atoms in total. The fourth-order valence-electron chi connectivity index (χ4n) is 3.38. The molecule has 3 aromatic rings. The Balaban J connectivity index is 1.49. The smallest absolute Gasteiger partial charge is 0.321 e. The Morgan fingerprint density at radius 2 is 1.89 bits per heavy atom. The highest BCUT2D eigenvalue weighted by Gasteiger charge is 2.18. The van der Waals surface area contributed by atoms with Crippen LogP contribution in [0.5, 0.6) is 11.5 Å². The lowest BCUT2D eigenvalue weighted by atomic mass is 10.1. The molecule has 6 heteroatoms. The van der Waals surface area contributed by atoms with Gasteiger partial charge in [-0.05, 0) is 18.2 Å². The molecule has 2 aromatic carbocycles. The summed E-state index contributed by atoms with van der Waals surface area (Å²) in [7, 11) is 1.78. The predicted molar refractivity (Wildman–Crippen MR) is 108 cm³/mol. The number of benzene rings is 2. The van der Waals surface area contributed by atoms with Crippen molar-refractivity contribution in [3.63, 3.8) is 0 Å². The van der Waals surface area contributed by atoms with Crippen molar-refractivity contribution in [2.24, 2.45) is 0 Å². The van der Waals surface area contributed by atoms with Gasteiger partial charge in [0.15, 0.2) is 11.5 Å². The first kappa shape index (κ1) is 18.2. The van der Waals surface area contributed by atoms with Crippen LogP contribution >= 0.6 is 0 Å². The second kappa shape index (κ2) is 7.84. The highest BCUT2D eigenvalue weighted by molar-refractivity contribution is 5.90. The third-order valence-electron chi connectivity index (χ3n) is 4.84. The predicted octanol–water partition coefficient (Wildman–Crippen LogP) is 4.82. The van der Waals surface area contributed by atoms with E-state index in [9.17, 15) is 4.79 Å². The third kappa shape index (κ3) is 3.63. The molecule has 0 atom stereocenters. The summed E-state index contributed by atoms with van der Waals surface area (Å²) >= 11 is 0. The van der Waals surface area contributed by atoms with Gasteiger partial charge in [0.2, 0.25) is 0 Å². The van der Waals surface area contributed by atoms with Gasteiger partial charge in [0.1, 0.15) is 11.3 Å². The van der Waals surface area contributed by atoms with Crippen molar-refractivity contribution in [1.82, 2.24) is 4.90 Å². The van der Waals surface area contributed by atoms with Crippen molar-refractivity contribution >= 4 is 22.7 Å². The molecule has 1 aliphatic rings. The largest absolute Gasteiger partial charge is 0.490 e. The molecule has 2 heterocycles. The van der Waals surface area contributed by atoms with E-state index in [1.54, 1.807) is 18.0 Å². The molecular formula is C22H24N2O4. The molecule has 28 heavy (non-hydrogen) atoms. The van der Waals surface area contributed by atoms with Gasteiger partial charge >= 0.3 is 6.03 Å². The number of fused-ring (bicyclic) bond motifs is 2. The maximum Gasteiger partial charge on any atom is 0.321 e. The lowest BCUT2D eigenvalue weighted by molar-refractivity contribution is 0.220. The van der Waals surface area contributed by atoms with Crippen LogP contribution in [0.25, 0.3) is 11.0 Å². The van der Waals surface area contributed by atoms with E-state index in [4.69, 9.17) is 13.9 Å². The quantitative estimate of drug-likeness (QED) is 0.705. The molecule has 0 spiro atoms. The van der Waals surface area contributed by atoms with Crippen LogP contribution < -0.4 is 14.8 Å². The lowest BCUT2D eigenvalue weighted by Gasteiger charge is -2.19. The SMILES string of the molecule is CCc1oc2ccccc2c1CN(C)C(=O)Nc1ccc2c(c1)OCCCO2. The number of aryl methyl sites for hydroxylation is 1. The molecule has 0 bridgehead atoms. The minimum Gasteiger partial charge on any atom is -0.490 e. The monoisotopic (exact) mass is 380 g/mol. The summed E-state index contributed by atoms with van der Waals surface area (Å²) in [5, 5.41) is 3.98. The van der Waals surface area contributed by atoms with Crippen molar-refractivity contribution in [3.8, 4) is 11.5 Å². The number of urea groups is 1. The zero-order valence-corrected chi connectivity index (χ0v) is 16.2. The Hall–Kier alpha value is -3.15. The molecule has 0 saturated carbocycles. The lowest BCUT2D eigenvalue weighted by Crippen LogP contribution is -2.31. The number of nitrogens with one attached hydrogen (secondary N) is 1. The number of amides is 2. The van der Waals surface area contributed by atoms with Gasteiger partial charge in [-0.3, -0.25) is 0 Å². The van der Waals surface area contributed by atoms with E-state index < -0.39 is 0 Å². The molecule has 1 aliphatic heterocycles. The van der Waals surface area contributed by atoms with Crippen molar-refractivity contribution in [3.05, 3.63) is 53.8 Å². The van der Waals surface area contributed by atoms with E-state index in [2.05, 4.69) is 12.2 Å². The molecule has 0 saturated heterocycles. The van der Waals surface area contributed by atoms with Gasteiger partial charge in [-0.15, -0.1) is 0 Å². The van der Waals surface area contributed by atoms with E-state index >= 15 is 0 Å². The van der Waals surface area contributed by atoms with Crippen LogP contribution in [-0.4, -0.2) is 31.2 Å². The summed E-state index contributed by atoms with van der Waals surface area (Å²) in [5.74, 6) is 2.28. The van der Waals surface area contributed by atoms with E-state index in [0.717, 1.165) is 35.1 Å². The van der Waals surface area contributed by atoms with Crippen molar-refractivity contribution < 1.29 is 18.7 Å². The summed E-state index contributed by atoms with van der Waals surface area (Å²) in [6.45, 7) is 3.77. The number of anilines is 1. The van der Waals surface area contributed by atoms with E-state index in [1.807, 2.05) is 36.4 Å². The zero-order valence-electron chi connectivity index (χ0n) is 16.2. The van der Waals surface area contributed by atoms with Gasteiger partial charge in [0.05, 0.1) is 19.8 Å².